The van der Waals surface area contributed by atoms with E-state index in [1.54, 1.807) is 23.7 Å². The maximum atomic E-state index is 11.5. The highest BCUT2D eigenvalue weighted by Gasteiger charge is 2.20. The van der Waals surface area contributed by atoms with Crippen LogP contribution >= 0.6 is 0 Å². The fourth-order valence-electron chi connectivity index (χ4n) is 3.08. The number of amides is 2. The van der Waals surface area contributed by atoms with Gasteiger partial charge >= 0.3 is 0 Å². The quantitative estimate of drug-likeness (QED) is 0.689. The molecule has 10 nitrogen and oxygen atoms in total. The first-order valence-corrected chi connectivity index (χ1v) is 8.50. The topological polar surface area (TPSA) is 123 Å². The standard InChI is InChI=1S/C17H18N8O2/c1-11(26)23-4-6-24(7-5-23)14-2-3-19-17(22-14)13-8-21-15-9-20-12(16(18)27)10-25(13)15/h2-3,8-10H,4-7H2,1H3,(H2,18,27). The second kappa shape index (κ2) is 6.63. The lowest BCUT2D eigenvalue weighted by atomic mass is 10.3. The Hall–Kier alpha value is -3.56. The molecule has 3 aromatic rings. The van der Waals surface area contributed by atoms with Crippen molar-refractivity contribution in [2.45, 2.75) is 6.92 Å². The molecule has 1 aliphatic rings. The minimum Gasteiger partial charge on any atom is -0.364 e. The van der Waals surface area contributed by atoms with Crippen molar-refractivity contribution in [3.8, 4) is 11.5 Å². The van der Waals surface area contributed by atoms with Crippen molar-refractivity contribution in [1.29, 1.82) is 0 Å². The Morgan fingerprint density at radius 1 is 1.07 bits per heavy atom. The molecule has 0 atom stereocenters. The number of imidazole rings is 1. The van der Waals surface area contributed by atoms with E-state index in [4.69, 9.17) is 5.73 Å². The van der Waals surface area contributed by atoms with Crippen molar-refractivity contribution >= 4 is 23.3 Å². The Balaban J connectivity index is 1.65. The van der Waals surface area contributed by atoms with Gasteiger partial charge in [0.15, 0.2) is 11.5 Å². The van der Waals surface area contributed by atoms with Crippen LogP contribution in [0.15, 0.2) is 30.9 Å². The minimum absolute atomic E-state index is 0.0858. The fraction of sp³-hybridized carbons (Fsp3) is 0.294. The van der Waals surface area contributed by atoms with E-state index < -0.39 is 5.91 Å². The van der Waals surface area contributed by atoms with Gasteiger partial charge in [0.2, 0.25) is 5.91 Å². The molecule has 138 valence electrons. The summed E-state index contributed by atoms with van der Waals surface area (Å²) in [5, 5.41) is 0. The Morgan fingerprint density at radius 2 is 1.85 bits per heavy atom. The number of rotatable bonds is 3. The SMILES string of the molecule is CC(=O)N1CCN(c2ccnc(-c3cnc4cnc(C(N)=O)cn34)n2)CC1. The van der Waals surface area contributed by atoms with Crippen molar-refractivity contribution in [1.82, 2.24) is 29.2 Å². The third kappa shape index (κ3) is 3.16. The van der Waals surface area contributed by atoms with Crippen LogP contribution in [0.5, 0.6) is 0 Å². The highest BCUT2D eigenvalue weighted by atomic mass is 16.2. The second-order valence-electron chi connectivity index (χ2n) is 6.24. The number of aromatic nitrogens is 5. The summed E-state index contributed by atoms with van der Waals surface area (Å²) in [5.41, 5.74) is 6.66. The van der Waals surface area contributed by atoms with Crippen LogP contribution in [0, 0.1) is 0 Å². The molecule has 27 heavy (non-hydrogen) atoms. The normalized spacial score (nSPS) is 14.6. The summed E-state index contributed by atoms with van der Waals surface area (Å²) in [6.07, 6.45) is 6.33. The van der Waals surface area contributed by atoms with E-state index in [0.29, 0.717) is 43.3 Å². The van der Waals surface area contributed by atoms with Gasteiger partial charge in [-0.05, 0) is 6.07 Å². The molecular formula is C17H18N8O2. The van der Waals surface area contributed by atoms with E-state index in [1.165, 1.54) is 12.4 Å². The van der Waals surface area contributed by atoms with Gasteiger partial charge in [-0.1, -0.05) is 0 Å². The number of piperazine rings is 1. The molecule has 3 aromatic heterocycles. The van der Waals surface area contributed by atoms with Gasteiger partial charge < -0.3 is 15.5 Å². The summed E-state index contributed by atoms with van der Waals surface area (Å²) in [6.45, 7) is 4.33. The average Bonchev–Trinajstić information content (AvgIpc) is 3.11. The van der Waals surface area contributed by atoms with Gasteiger partial charge in [-0.3, -0.25) is 14.0 Å². The van der Waals surface area contributed by atoms with Crippen LogP contribution in [0.2, 0.25) is 0 Å². The molecule has 0 saturated carbocycles. The van der Waals surface area contributed by atoms with E-state index in [-0.39, 0.29) is 11.6 Å². The number of anilines is 1. The number of primary amides is 1. The van der Waals surface area contributed by atoms with Crippen molar-refractivity contribution < 1.29 is 9.59 Å². The zero-order chi connectivity index (χ0) is 19.0. The van der Waals surface area contributed by atoms with Crippen LogP contribution in [-0.4, -0.2) is 67.2 Å². The van der Waals surface area contributed by atoms with Crippen molar-refractivity contribution in [2.24, 2.45) is 5.73 Å². The van der Waals surface area contributed by atoms with Gasteiger partial charge in [0.1, 0.15) is 17.2 Å². The fourth-order valence-corrected chi connectivity index (χ4v) is 3.08. The molecule has 1 saturated heterocycles. The van der Waals surface area contributed by atoms with Gasteiger partial charge in [0.05, 0.1) is 12.4 Å². The van der Waals surface area contributed by atoms with Crippen LogP contribution in [0.4, 0.5) is 5.82 Å². The van der Waals surface area contributed by atoms with E-state index in [1.807, 2.05) is 11.0 Å². The summed E-state index contributed by atoms with van der Waals surface area (Å²) in [7, 11) is 0. The predicted octanol–water partition coefficient (Wildman–Crippen LogP) is -0.0463. The Bertz CT molecular complexity index is 1020. The van der Waals surface area contributed by atoms with Crippen LogP contribution in [0.25, 0.3) is 17.2 Å². The molecule has 4 heterocycles. The molecule has 4 rings (SSSR count). The molecular weight excluding hydrogens is 348 g/mol. The molecule has 0 bridgehead atoms. The van der Waals surface area contributed by atoms with E-state index >= 15 is 0 Å². The van der Waals surface area contributed by atoms with Gasteiger partial charge in [-0.25, -0.2) is 19.9 Å². The minimum atomic E-state index is -0.616. The molecule has 0 unspecified atom stereocenters. The molecule has 0 aromatic carbocycles. The molecule has 1 fully saturated rings. The zero-order valence-corrected chi connectivity index (χ0v) is 14.7. The van der Waals surface area contributed by atoms with Crippen LogP contribution in [-0.2, 0) is 4.79 Å². The van der Waals surface area contributed by atoms with E-state index in [9.17, 15) is 9.59 Å². The smallest absolute Gasteiger partial charge is 0.268 e. The Kier molecular flexibility index (Phi) is 4.15. The number of carbonyl (C=O) groups is 2. The number of nitrogens with zero attached hydrogens (tertiary/aromatic N) is 7. The first-order chi connectivity index (χ1) is 13.0. The molecule has 10 heteroatoms. The largest absolute Gasteiger partial charge is 0.364 e. The molecule has 0 aliphatic carbocycles. The second-order valence-corrected chi connectivity index (χ2v) is 6.24. The van der Waals surface area contributed by atoms with Crippen molar-refractivity contribution in [3.63, 3.8) is 0 Å². The monoisotopic (exact) mass is 366 g/mol. The molecule has 0 radical (unpaired) electrons. The lowest BCUT2D eigenvalue weighted by molar-refractivity contribution is -0.129. The van der Waals surface area contributed by atoms with Crippen LogP contribution < -0.4 is 10.6 Å². The number of carbonyl (C=O) groups excluding carboxylic acids is 2. The number of fused-ring (bicyclic) bond motifs is 1. The molecule has 0 spiro atoms. The first-order valence-electron chi connectivity index (χ1n) is 8.50. The first kappa shape index (κ1) is 16.9. The van der Waals surface area contributed by atoms with Gasteiger partial charge in [0.25, 0.3) is 5.91 Å². The molecule has 2 amide bonds. The predicted molar refractivity (Wildman–Crippen MR) is 97.0 cm³/mol. The summed E-state index contributed by atoms with van der Waals surface area (Å²) >= 11 is 0. The third-order valence-electron chi connectivity index (χ3n) is 4.57. The van der Waals surface area contributed by atoms with Crippen molar-refractivity contribution in [3.05, 3.63) is 36.5 Å². The van der Waals surface area contributed by atoms with Crippen LogP contribution in [0.1, 0.15) is 17.4 Å². The van der Waals surface area contributed by atoms with Gasteiger partial charge in [-0.2, -0.15) is 0 Å². The third-order valence-corrected chi connectivity index (χ3v) is 4.57. The highest BCUT2D eigenvalue weighted by Crippen LogP contribution is 2.20. The maximum absolute atomic E-state index is 11.5. The van der Waals surface area contributed by atoms with Crippen LogP contribution in [0.3, 0.4) is 0 Å². The maximum Gasteiger partial charge on any atom is 0.268 e. The van der Waals surface area contributed by atoms with Gasteiger partial charge in [0, 0.05) is 45.5 Å². The summed E-state index contributed by atoms with van der Waals surface area (Å²) in [4.78, 5) is 44.1. The lowest BCUT2D eigenvalue weighted by Gasteiger charge is -2.34. The molecule has 2 N–H and O–H groups in total. The van der Waals surface area contributed by atoms with E-state index in [2.05, 4.69) is 24.8 Å². The zero-order valence-electron chi connectivity index (χ0n) is 14.7. The lowest BCUT2D eigenvalue weighted by Crippen LogP contribution is -2.48. The summed E-state index contributed by atoms with van der Waals surface area (Å²) < 4.78 is 1.69. The number of nitrogens with two attached hydrogens (primary N) is 1. The van der Waals surface area contributed by atoms with Crippen molar-refractivity contribution in [2.75, 3.05) is 31.1 Å². The summed E-state index contributed by atoms with van der Waals surface area (Å²) in [6, 6.07) is 1.84. The summed E-state index contributed by atoms with van der Waals surface area (Å²) in [5.74, 6) is 0.732. The number of hydrogen-bond donors (Lipinski definition) is 1. The Labute approximate surface area is 154 Å². The number of hydrogen-bond acceptors (Lipinski definition) is 7. The average molecular weight is 366 g/mol. The van der Waals surface area contributed by atoms with Gasteiger partial charge in [-0.15, -0.1) is 0 Å². The molecule has 1 aliphatic heterocycles. The highest BCUT2D eigenvalue weighted by molar-refractivity contribution is 5.90. The Morgan fingerprint density at radius 3 is 2.56 bits per heavy atom. The van der Waals surface area contributed by atoms with E-state index in [0.717, 1.165) is 5.82 Å².